The summed E-state index contributed by atoms with van der Waals surface area (Å²) in [6.07, 6.45) is 0.593. The molecule has 0 aliphatic carbocycles. The first-order chi connectivity index (χ1) is 6.66. The lowest BCUT2D eigenvalue weighted by molar-refractivity contribution is 0.635. The first-order valence-corrected chi connectivity index (χ1v) is 4.45. The highest BCUT2D eigenvalue weighted by molar-refractivity contribution is 5.97. The molecule has 1 aromatic rings. The SMILES string of the molecule is CC1=NC(F)=C(c2ccc(N)cc2)C1. The largest absolute Gasteiger partial charge is 0.399 e. The number of rotatable bonds is 1. The van der Waals surface area contributed by atoms with Crippen LogP contribution in [0.25, 0.3) is 5.57 Å². The zero-order chi connectivity index (χ0) is 10.1. The Kier molecular flexibility index (Phi) is 2.08. The standard InChI is InChI=1S/C11H11FN2/c1-7-6-10(11(12)14-7)8-2-4-9(13)5-3-8/h2-5H,6,13H2,1H3. The van der Waals surface area contributed by atoms with Gasteiger partial charge < -0.3 is 5.73 Å². The summed E-state index contributed by atoms with van der Waals surface area (Å²) in [5.41, 5.74) is 8.56. The van der Waals surface area contributed by atoms with Crippen molar-refractivity contribution in [1.82, 2.24) is 0 Å². The predicted molar refractivity (Wildman–Crippen MR) is 56.6 cm³/mol. The summed E-state index contributed by atoms with van der Waals surface area (Å²) in [6.45, 7) is 1.82. The molecule has 2 rings (SSSR count). The molecule has 2 N–H and O–H groups in total. The van der Waals surface area contributed by atoms with E-state index in [1.54, 1.807) is 12.1 Å². The minimum atomic E-state index is -0.368. The van der Waals surface area contributed by atoms with Crippen LogP contribution in [0.2, 0.25) is 0 Å². The monoisotopic (exact) mass is 190 g/mol. The van der Waals surface area contributed by atoms with Gasteiger partial charge in [0.25, 0.3) is 0 Å². The van der Waals surface area contributed by atoms with Crippen LogP contribution in [-0.2, 0) is 0 Å². The van der Waals surface area contributed by atoms with Gasteiger partial charge in [-0.2, -0.15) is 4.39 Å². The Morgan fingerprint density at radius 3 is 2.43 bits per heavy atom. The molecule has 0 amide bonds. The maximum Gasteiger partial charge on any atom is 0.216 e. The van der Waals surface area contributed by atoms with Crippen LogP contribution in [0.1, 0.15) is 18.9 Å². The number of halogens is 1. The molecule has 0 atom stereocenters. The van der Waals surface area contributed by atoms with Gasteiger partial charge in [-0.1, -0.05) is 12.1 Å². The van der Waals surface area contributed by atoms with Gasteiger partial charge in [-0.25, -0.2) is 4.99 Å². The molecule has 3 heteroatoms. The number of aliphatic imine (C=N–C) groups is 1. The van der Waals surface area contributed by atoms with Crippen LogP contribution in [0.3, 0.4) is 0 Å². The van der Waals surface area contributed by atoms with Gasteiger partial charge in [-0.3, -0.25) is 0 Å². The molecule has 0 fully saturated rings. The average Bonchev–Trinajstić information content (AvgIpc) is 2.47. The maximum atomic E-state index is 13.3. The van der Waals surface area contributed by atoms with E-state index >= 15 is 0 Å². The Bertz CT molecular complexity index is 415. The highest BCUT2D eigenvalue weighted by Crippen LogP contribution is 2.30. The predicted octanol–water partition coefficient (Wildman–Crippen LogP) is 2.77. The fourth-order valence-electron chi connectivity index (χ4n) is 1.51. The molecule has 1 aromatic carbocycles. The third kappa shape index (κ3) is 1.53. The second-order valence-corrected chi connectivity index (χ2v) is 3.42. The van der Waals surface area contributed by atoms with Gasteiger partial charge in [0.05, 0.1) is 0 Å². The Morgan fingerprint density at radius 2 is 1.93 bits per heavy atom. The minimum Gasteiger partial charge on any atom is -0.399 e. The summed E-state index contributed by atoms with van der Waals surface area (Å²) in [4.78, 5) is 3.77. The number of nitrogen functional groups attached to an aromatic ring is 1. The molecule has 0 radical (unpaired) electrons. The number of allylic oxidation sites excluding steroid dienone is 1. The number of benzene rings is 1. The first-order valence-electron chi connectivity index (χ1n) is 4.45. The van der Waals surface area contributed by atoms with E-state index in [9.17, 15) is 4.39 Å². The molecule has 14 heavy (non-hydrogen) atoms. The lowest BCUT2D eigenvalue weighted by Gasteiger charge is -2.02. The van der Waals surface area contributed by atoms with Crippen LogP contribution < -0.4 is 5.73 Å². The fourth-order valence-corrected chi connectivity index (χ4v) is 1.51. The lowest BCUT2D eigenvalue weighted by Crippen LogP contribution is -1.89. The minimum absolute atomic E-state index is 0.368. The van der Waals surface area contributed by atoms with E-state index in [4.69, 9.17) is 5.73 Å². The van der Waals surface area contributed by atoms with Gasteiger partial charge in [-0.15, -0.1) is 0 Å². The number of hydrogen-bond donors (Lipinski definition) is 1. The second-order valence-electron chi connectivity index (χ2n) is 3.42. The molecule has 0 saturated carbocycles. The van der Waals surface area contributed by atoms with Crippen LogP contribution in [0, 0.1) is 0 Å². The molecule has 0 spiro atoms. The first kappa shape index (κ1) is 8.94. The zero-order valence-corrected chi connectivity index (χ0v) is 7.92. The van der Waals surface area contributed by atoms with Crippen LogP contribution in [0.15, 0.2) is 35.2 Å². The van der Waals surface area contributed by atoms with E-state index in [-0.39, 0.29) is 5.95 Å². The van der Waals surface area contributed by atoms with Gasteiger partial charge >= 0.3 is 0 Å². The van der Waals surface area contributed by atoms with Crippen LogP contribution in [-0.4, -0.2) is 5.71 Å². The van der Waals surface area contributed by atoms with Crippen LogP contribution in [0.5, 0.6) is 0 Å². The highest BCUT2D eigenvalue weighted by atomic mass is 19.1. The van der Waals surface area contributed by atoms with Crippen molar-refractivity contribution in [3.05, 3.63) is 35.8 Å². The van der Waals surface area contributed by atoms with Gasteiger partial charge in [0, 0.05) is 23.4 Å². The van der Waals surface area contributed by atoms with Crippen molar-refractivity contribution in [2.24, 2.45) is 4.99 Å². The molecular weight excluding hydrogens is 179 g/mol. The molecule has 1 aliphatic rings. The summed E-state index contributed by atoms with van der Waals surface area (Å²) in [6, 6.07) is 7.17. The van der Waals surface area contributed by atoms with Gasteiger partial charge in [0.15, 0.2) is 0 Å². The molecular formula is C11H11FN2. The normalized spacial score (nSPS) is 16.0. The van der Waals surface area contributed by atoms with Crippen molar-refractivity contribution >= 4 is 17.0 Å². The van der Waals surface area contributed by atoms with Crippen LogP contribution >= 0.6 is 0 Å². The fraction of sp³-hybridized carbons (Fsp3) is 0.182. The second kappa shape index (κ2) is 3.25. The molecule has 0 aromatic heterocycles. The number of nitrogens with zero attached hydrogens (tertiary/aromatic N) is 1. The Labute approximate surface area is 82.0 Å². The van der Waals surface area contributed by atoms with Crippen molar-refractivity contribution in [3.8, 4) is 0 Å². The Hall–Kier alpha value is -1.64. The molecule has 2 nitrogen and oxygen atoms in total. The van der Waals surface area contributed by atoms with E-state index in [1.807, 2.05) is 19.1 Å². The quantitative estimate of drug-likeness (QED) is 0.536. The molecule has 0 bridgehead atoms. The van der Waals surface area contributed by atoms with Crippen molar-refractivity contribution in [1.29, 1.82) is 0 Å². The van der Waals surface area contributed by atoms with Crippen LogP contribution in [0.4, 0.5) is 10.1 Å². The zero-order valence-electron chi connectivity index (χ0n) is 7.92. The highest BCUT2D eigenvalue weighted by Gasteiger charge is 2.16. The molecule has 1 heterocycles. The van der Waals surface area contributed by atoms with Gasteiger partial charge in [-0.05, 0) is 24.6 Å². The Balaban J connectivity index is 2.35. The third-order valence-corrected chi connectivity index (χ3v) is 2.23. The molecule has 1 aliphatic heterocycles. The van der Waals surface area contributed by atoms with E-state index in [0.717, 1.165) is 11.3 Å². The molecule has 0 unspecified atom stereocenters. The van der Waals surface area contributed by atoms with E-state index in [0.29, 0.717) is 17.7 Å². The van der Waals surface area contributed by atoms with Crippen molar-refractivity contribution in [2.45, 2.75) is 13.3 Å². The van der Waals surface area contributed by atoms with E-state index < -0.39 is 0 Å². The molecule has 0 saturated heterocycles. The molecule has 72 valence electrons. The number of nitrogens with two attached hydrogens (primary N) is 1. The number of hydrogen-bond acceptors (Lipinski definition) is 2. The third-order valence-electron chi connectivity index (χ3n) is 2.23. The topological polar surface area (TPSA) is 38.4 Å². The van der Waals surface area contributed by atoms with Crippen molar-refractivity contribution in [2.75, 3.05) is 5.73 Å². The van der Waals surface area contributed by atoms with Crippen molar-refractivity contribution in [3.63, 3.8) is 0 Å². The lowest BCUT2D eigenvalue weighted by atomic mass is 10.0. The van der Waals surface area contributed by atoms with E-state index in [1.165, 1.54) is 0 Å². The smallest absolute Gasteiger partial charge is 0.216 e. The van der Waals surface area contributed by atoms with Gasteiger partial charge in [0.2, 0.25) is 5.95 Å². The maximum absolute atomic E-state index is 13.3. The van der Waals surface area contributed by atoms with Crippen molar-refractivity contribution < 1.29 is 4.39 Å². The van der Waals surface area contributed by atoms with Gasteiger partial charge in [0.1, 0.15) is 0 Å². The summed E-state index contributed by atoms with van der Waals surface area (Å²) in [5, 5.41) is 0. The van der Waals surface area contributed by atoms with E-state index in [2.05, 4.69) is 4.99 Å². The Morgan fingerprint density at radius 1 is 1.29 bits per heavy atom. The number of anilines is 1. The average molecular weight is 190 g/mol. The summed E-state index contributed by atoms with van der Waals surface area (Å²) >= 11 is 0. The summed E-state index contributed by atoms with van der Waals surface area (Å²) in [7, 11) is 0. The summed E-state index contributed by atoms with van der Waals surface area (Å²) in [5.74, 6) is -0.368. The summed E-state index contributed by atoms with van der Waals surface area (Å²) < 4.78 is 13.3.